The SMILES string of the molecule is CSc1ccccc1C(C)Nc1nc(S(C)(=O)=O)nc2c(C(C)C)cnn12. The molecule has 9 heteroatoms. The van der Waals surface area contributed by atoms with Crippen molar-refractivity contribution in [2.24, 2.45) is 0 Å². The molecule has 2 aromatic heterocycles. The van der Waals surface area contributed by atoms with Crippen LogP contribution in [0.3, 0.4) is 0 Å². The summed E-state index contributed by atoms with van der Waals surface area (Å²) in [6.07, 6.45) is 4.85. The van der Waals surface area contributed by atoms with Crippen molar-refractivity contribution in [1.29, 1.82) is 0 Å². The third kappa shape index (κ3) is 3.93. The molecule has 27 heavy (non-hydrogen) atoms. The summed E-state index contributed by atoms with van der Waals surface area (Å²) in [4.78, 5) is 9.66. The van der Waals surface area contributed by atoms with Crippen LogP contribution in [-0.2, 0) is 9.84 Å². The van der Waals surface area contributed by atoms with Crippen molar-refractivity contribution in [3.05, 3.63) is 41.6 Å². The first kappa shape index (κ1) is 19.6. The maximum atomic E-state index is 12.1. The van der Waals surface area contributed by atoms with Crippen molar-refractivity contribution in [2.75, 3.05) is 17.8 Å². The molecular formula is C18H23N5O2S2. The molecule has 3 rings (SSSR count). The van der Waals surface area contributed by atoms with Gasteiger partial charge in [-0.2, -0.15) is 19.6 Å². The molecule has 0 aliphatic rings. The normalized spacial score (nSPS) is 13.3. The standard InChI is InChI=1S/C18H23N5O2S2/c1-11(2)14-10-19-23-16(14)21-18(27(5,24)25)22-17(23)20-12(3)13-8-6-7-9-15(13)26-4/h6-12H,1-5H3,(H,20,21,22). The van der Waals surface area contributed by atoms with Crippen LogP contribution in [0.4, 0.5) is 5.95 Å². The second-order valence-corrected chi connectivity index (χ2v) is 9.46. The molecule has 0 fully saturated rings. The van der Waals surface area contributed by atoms with Crippen LogP contribution in [0.5, 0.6) is 0 Å². The predicted octanol–water partition coefficient (Wildman–Crippen LogP) is 3.55. The molecule has 0 saturated heterocycles. The fourth-order valence-electron chi connectivity index (χ4n) is 2.84. The summed E-state index contributed by atoms with van der Waals surface area (Å²) < 4.78 is 25.8. The van der Waals surface area contributed by atoms with Crippen molar-refractivity contribution in [1.82, 2.24) is 19.6 Å². The molecule has 2 heterocycles. The molecule has 0 bridgehead atoms. The molecule has 0 spiro atoms. The van der Waals surface area contributed by atoms with Crippen molar-refractivity contribution in [3.63, 3.8) is 0 Å². The van der Waals surface area contributed by atoms with Crippen LogP contribution in [0.1, 0.15) is 43.9 Å². The number of thioether (sulfide) groups is 1. The van der Waals surface area contributed by atoms with Crippen LogP contribution in [0.15, 0.2) is 40.5 Å². The highest BCUT2D eigenvalue weighted by Crippen LogP contribution is 2.29. The van der Waals surface area contributed by atoms with E-state index >= 15 is 0 Å². The minimum Gasteiger partial charge on any atom is -0.347 e. The second-order valence-electron chi connectivity index (χ2n) is 6.70. The molecule has 0 saturated carbocycles. The summed E-state index contributed by atoms with van der Waals surface area (Å²) in [6.45, 7) is 6.04. The topological polar surface area (TPSA) is 89.2 Å². The molecular weight excluding hydrogens is 382 g/mol. The largest absolute Gasteiger partial charge is 0.347 e. The Morgan fingerprint density at radius 1 is 1.11 bits per heavy atom. The molecule has 7 nitrogen and oxygen atoms in total. The fraction of sp³-hybridized carbons (Fsp3) is 0.389. The van der Waals surface area contributed by atoms with Gasteiger partial charge in [-0.1, -0.05) is 32.0 Å². The monoisotopic (exact) mass is 405 g/mol. The van der Waals surface area contributed by atoms with Crippen LogP contribution < -0.4 is 5.32 Å². The molecule has 144 valence electrons. The minimum atomic E-state index is -3.56. The lowest BCUT2D eigenvalue weighted by atomic mass is 10.1. The lowest BCUT2D eigenvalue weighted by Gasteiger charge is -2.18. The van der Waals surface area contributed by atoms with Gasteiger partial charge in [0.1, 0.15) is 0 Å². The number of hydrogen-bond acceptors (Lipinski definition) is 7. The lowest BCUT2D eigenvalue weighted by Crippen LogP contribution is -2.16. The van der Waals surface area contributed by atoms with Crippen LogP contribution in [0.25, 0.3) is 5.65 Å². The Labute approximate surface area is 163 Å². The van der Waals surface area contributed by atoms with E-state index in [4.69, 9.17) is 0 Å². The van der Waals surface area contributed by atoms with Gasteiger partial charge in [0.2, 0.25) is 15.8 Å². The van der Waals surface area contributed by atoms with E-state index in [1.807, 2.05) is 45.2 Å². The highest BCUT2D eigenvalue weighted by molar-refractivity contribution is 7.98. The first-order valence-corrected chi connectivity index (χ1v) is 11.7. The Morgan fingerprint density at radius 2 is 1.81 bits per heavy atom. The molecule has 1 atom stereocenters. The molecule has 0 radical (unpaired) electrons. The third-order valence-corrected chi connectivity index (χ3v) is 5.94. The maximum Gasteiger partial charge on any atom is 0.252 e. The first-order chi connectivity index (χ1) is 12.7. The Balaban J connectivity index is 2.13. The predicted molar refractivity (Wildman–Crippen MR) is 108 cm³/mol. The van der Waals surface area contributed by atoms with Crippen molar-refractivity contribution < 1.29 is 8.42 Å². The number of anilines is 1. The number of sulfone groups is 1. The Bertz CT molecular complexity index is 1080. The number of hydrogen-bond donors (Lipinski definition) is 1. The quantitative estimate of drug-likeness (QED) is 0.627. The van der Waals surface area contributed by atoms with Gasteiger partial charge in [0, 0.05) is 16.7 Å². The zero-order valence-corrected chi connectivity index (χ0v) is 17.6. The lowest BCUT2D eigenvalue weighted by molar-refractivity contribution is 0.591. The first-order valence-electron chi connectivity index (χ1n) is 8.57. The second kappa shape index (κ2) is 7.47. The van der Waals surface area contributed by atoms with Crippen LogP contribution >= 0.6 is 11.8 Å². The van der Waals surface area contributed by atoms with Gasteiger partial charge in [-0.05, 0) is 30.7 Å². The third-order valence-electron chi connectivity index (χ3n) is 4.28. The minimum absolute atomic E-state index is 0.0918. The molecule has 3 aromatic rings. The summed E-state index contributed by atoms with van der Waals surface area (Å²) in [7, 11) is -3.56. The molecule has 0 amide bonds. The van der Waals surface area contributed by atoms with E-state index < -0.39 is 9.84 Å². The zero-order valence-electron chi connectivity index (χ0n) is 16.0. The summed E-state index contributed by atoms with van der Waals surface area (Å²) in [5.41, 5.74) is 2.49. The van der Waals surface area contributed by atoms with Gasteiger partial charge in [-0.15, -0.1) is 11.8 Å². The van der Waals surface area contributed by atoms with Crippen LogP contribution in [0, 0.1) is 0 Å². The van der Waals surface area contributed by atoms with Gasteiger partial charge in [-0.25, -0.2) is 8.42 Å². The van der Waals surface area contributed by atoms with E-state index in [0.717, 1.165) is 22.3 Å². The Morgan fingerprint density at radius 3 is 2.44 bits per heavy atom. The van der Waals surface area contributed by atoms with E-state index in [9.17, 15) is 8.42 Å². The van der Waals surface area contributed by atoms with Gasteiger partial charge in [0.05, 0.1) is 12.2 Å². The number of benzene rings is 1. The fourth-order valence-corrected chi connectivity index (χ4v) is 4.04. The van der Waals surface area contributed by atoms with E-state index in [1.54, 1.807) is 22.5 Å². The highest BCUT2D eigenvalue weighted by atomic mass is 32.2. The van der Waals surface area contributed by atoms with Crippen molar-refractivity contribution >= 4 is 33.2 Å². The van der Waals surface area contributed by atoms with E-state index in [-0.39, 0.29) is 17.1 Å². The van der Waals surface area contributed by atoms with Gasteiger partial charge < -0.3 is 5.32 Å². The number of fused-ring (bicyclic) bond motifs is 1. The van der Waals surface area contributed by atoms with Crippen molar-refractivity contribution in [2.45, 2.75) is 42.8 Å². The van der Waals surface area contributed by atoms with Crippen LogP contribution in [-0.4, -0.2) is 40.5 Å². The number of nitrogens with one attached hydrogen (secondary N) is 1. The van der Waals surface area contributed by atoms with E-state index in [2.05, 4.69) is 26.4 Å². The molecule has 1 aromatic carbocycles. The Hall–Kier alpha value is -2.13. The maximum absolute atomic E-state index is 12.1. The molecule has 1 N–H and O–H groups in total. The summed E-state index contributed by atoms with van der Waals surface area (Å²) >= 11 is 1.66. The number of rotatable bonds is 6. The highest BCUT2D eigenvalue weighted by Gasteiger charge is 2.21. The molecule has 1 unspecified atom stereocenters. The van der Waals surface area contributed by atoms with Gasteiger partial charge in [0.25, 0.3) is 5.16 Å². The number of nitrogens with zero attached hydrogens (tertiary/aromatic N) is 4. The van der Waals surface area contributed by atoms with E-state index in [0.29, 0.717) is 11.6 Å². The van der Waals surface area contributed by atoms with Gasteiger partial charge in [-0.3, -0.25) is 0 Å². The molecule has 0 aliphatic heterocycles. The smallest absolute Gasteiger partial charge is 0.252 e. The average molecular weight is 406 g/mol. The van der Waals surface area contributed by atoms with Crippen LogP contribution in [0.2, 0.25) is 0 Å². The number of aromatic nitrogens is 4. The van der Waals surface area contributed by atoms with Gasteiger partial charge in [0.15, 0.2) is 5.65 Å². The molecule has 0 aliphatic carbocycles. The zero-order chi connectivity index (χ0) is 19.8. The van der Waals surface area contributed by atoms with Gasteiger partial charge >= 0.3 is 0 Å². The van der Waals surface area contributed by atoms with Crippen molar-refractivity contribution in [3.8, 4) is 0 Å². The van der Waals surface area contributed by atoms with E-state index in [1.165, 1.54) is 0 Å². The Kier molecular flexibility index (Phi) is 5.43. The summed E-state index contributed by atoms with van der Waals surface area (Å²) in [5.74, 6) is 0.517. The summed E-state index contributed by atoms with van der Waals surface area (Å²) in [5, 5.41) is 7.49. The average Bonchev–Trinajstić information content (AvgIpc) is 3.05. The summed E-state index contributed by atoms with van der Waals surface area (Å²) in [6, 6.07) is 7.98.